The minimum atomic E-state index is -5.00. The van der Waals surface area contributed by atoms with Gasteiger partial charge in [0.25, 0.3) is 11.6 Å². The highest BCUT2D eigenvalue weighted by Gasteiger charge is 2.68. The van der Waals surface area contributed by atoms with Gasteiger partial charge in [-0.3, -0.25) is 4.79 Å². The lowest BCUT2D eigenvalue weighted by atomic mass is 9.87. The summed E-state index contributed by atoms with van der Waals surface area (Å²) in [6.45, 7) is 1.55. The Morgan fingerprint density at radius 2 is 2.13 bits per heavy atom. The second-order valence-corrected chi connectivity index (χ2v) is 6.05. The Balaban J connectivity index is 2.06. The number of hydrogen-bond acceptors (Lipinski definition) is 4. The summed E-state index contributed by atoms with van der Waals surface area (Å²) in [5, 5.41) is 14.6. The Bertz CT molecular complexity index is 653. The van der Waals surface area contributed by atoms with Crippen LogP contribution in [-0.4, -0.2) is 33.6 Å². The fraction of sp³-hybridized carbons (Fsp3) is 0.600. The lowest BCUT2D eigenvalue weighted by Gasteiger charge is -2.37. The molecule has 2 atom stereocenters. The van der Waals surface area contributed by atoms with Crippen LogP contribution in [0.25, 0.3) is 0 Å². The average Bonchev–Trinajstić information content (AvgIpc) is 2.92. The smallest absolute Gasteiger partial charge is 0.439 e. The first-order valence-electron chi connectivity index (χ1n) is 7.50. The summed E-state index contributed by atoms with van der Waals surface area (Å²) in [6, 6.07) is 0. The summed E-state index contributed by atoms with van der Waals surface area (Å²) in [4.78, 5) is 12.5. The zero-order chi connectivity index (χ0) is 16.8. The quantitative estimate of drug-likeness (QED) is 0.860. The molecular weight excluding hydrogens is 313 g/mol. The van der Waals surface area contributed by atoms with Crippen LogP contribution in [-0.2, 0) is 0 Å². The van der Waals surface area contributed by atoms with Crippen LogP contribution in [0, 0.1) is 12.8 Å². The number of hydrogen-bond donors (Lipinski definition) is 1. The van der Waals surface area contributed by atoms with E-state index < -0.39 is 23.7 Å². The fourth-order valence-electron chi connectivity index (χ4n) is 3.29. The minimum absolute atomic E-state index is 0.0338. The summed E-state index contributed by atoms with van der Waals surface area (Å²) >= 11 is 0. The molecule has 1 aliphatic heterocycles. The molecule has 1 fully saturated rings. The van der Waals surface area contributed by atoms with E-state index in [0.717, 1.165) is 12.7 Å². The number of hydrazone groups is 1. The molecule has 2 unspecified atom stereocenters. The number of nitrogens with zero attached hydrogens (tertiary/aromatic N) is 2. The largest absolute Gasteiger partial charge is 0.471 e. The van der Waals surface area contributed by atoms with E-state index in [1.165, 1.54) is 6.26 Å². The van der Waals surface area contributed by atoms with Crippen LogP contribution in [0.2, 0.25) is 0 Å². The third-order valence-electron chi connectivity index (χ3n) is 4.56. The molecule has 1 amide bonds. The highest BCUT2D eigenvalue weighted by Crippen LogP contribution is 2.48. The van der Waals surface area contributed by atoms with Crippen LogP contribution < -0.4 is 0 Å². The average molecular weight is 330 g/mol. The van der Waals surface area contributed by atoms with Crippen LogP contribution in [0.5, 0.6) is 0 Å². The number of alkyl halides is 3. The van der Waals surface area contributed by atoms with Gasteiger partial charge in [-0.25, -0.2) is 0 Å². The lowest BCUT2D eigenvalue weighted by molar-refractivity contribution is -0.312. The summed E-state index contributed by atoms with van der Waals surface area (Å²) in [5.41, 5.74) is -2.69. The number of aliphatic hydroxyl groups is 1. The van der Waals surface area contributed by atoms with Crippen molar-refractivity contribution >= 4 is 11.6 Å². The summed E-state index contributed by atoms with van der Waals surface area (Å²) in [5.74, 6) is -2.21. The Hall–Kier alpha value is -1.83. The normalized spacial score (nSPS) is 28.3. The van der Waals surface area contributed by atoms with Crippen molar-refractivity contribution in [3.8, 4) is 0 Å². The highest BCUT2D eigenvalue weighted by atomic mass is 19.4. The Morgan fingerprint density at radius 3 is 2.74 bits per heavy atom. The number of fused-ring (bicyclic) bond motifs is 1. The molecule has 0 radical (unpaired) electrons. The second kappa shape index (κ2) is 5.36. The van der Waals surface area contributed by atoms with E-state index in [4.69, 9.17) is 4.42 Å². The summed E-state index contributed by atoms with van der Waals surface area (Å²) in [7, 11) is 0. The predicted molar refractivity (Wildman–Crippen MR) is 74.6 cm³/mol. The van der Waals surface area contributed by atoms with Crippen molar-refractivity contribution in [2.45, 2.75) is 50.9 Å². The zero-order valence-corrected chi connectivity index (χ0v) is 12.6. The van der Waals surface area contributed by atoms with Crippen LogP contribution in [0.3, 0.4) is 0 Å². The minimum Gasteiger partial charge on any atom is -0.471 e. The molecule has 0 saturated heterocycles. The van der Waals surface area contributed by atoms with Crippen molar-refractivity contribution in [2.75, 3.05) is 0 Å². The maximum absolute atomic E-state index is 13.7. The SMILES string of the molecule is Cc1cocc1C(=O)N1N=C2CCCCCC2C1(O)C(F)(F)F. The molecule has 1 N–H and O–H groups in total. The van der Waals surface area contributed by atoms with Gasteiger partial charge in [0.2, 0.25) is 0 Å². The molecule has 5 nitrogen and oxygen atoms in total. The first kappa shape index (κ1) is 16.0. The van der Waals surface area contributed by atoms with Gasteiger partial charge >= 0.3 is 6.18 Å². The van der Waals surface area contributed by atoms with Crippen LogP contribution >= 0.6 is 0 Å². The van der Waals surface area contributed by atoms with Crippen molar-refractivity contribution in [1.29, 1.82) is 0 Å². The molecule has 3 rings (SSSR count). The molecule has 23 heavy (non-hydrogen) atoms. The van der Waals surface area contributed by atoms with Gasteiger partial charge in [-0.2, -0.15) is 23.3 Å². The van der Waals surface area contributed by atoms with Crippen molar-refractivity contribution in [2.24, 2.45) is 11.0 Å². The number of carbonyl (C=O) groups excluding carboxylic acids is 1. The third-order valence-corrected chi connectivity index (χ3v) is 4.56. The number of aryl methyl sites for hydroxylation is 1. The van der Waals surface area contributed by atoms with Crippen LogP contribution in [0.1, 0.15) is 48.0 Å². The number of carbonyl (C=O) groups is 1. The molecule has 1 aliphatic carbocycles. The van der Waals surface area contributed by atoms with Gasteiger partial charge in [-0.05, 0) is 26.2 Å². The molecular formula is C15H17F3N2O3. The van der Waals surface area contributed by atoms with Gasteiger partial charge in [-0.15, -0.1) is 0 Å². The van der Waals surface area contributed by atoms with Crippen LogP contribution in [0.4, 0.5) is 13.2 Å². The monoisotopic (exact) mass is 330 g/mol. The predicted octanol–water partition coefficient (Wildman–Crippen LogP) is 3.23. The Labute approximate surface area is 130 Å². The first-order chi connectivity index (χ1) is 10.8. The number of amides is 1. The van der Waals surface area contributed by atoms with E-state index in [1.54, 1.807) is 6.92 Å². The molecule has 126 valence electrons. The van der Waals surface area contributed by atoms with Crippen molar-refractivity contribution in [1.82, 2.24) is 5.01 Å². The lowest BCUT2D eigenvalue weighted by Crippen LogP contribution is -2.61. The molecule has 1 aromatic heterocycles. The molecule has 0 aromatic carbocycles. The van der Waals surface area contributed by atoms with Gasteiger partial charge in [0.15, 0.2) is 0 Å². The van der Waals surface area contributed by atoms with Crippen LogP contribution in [0.15, 0.2) is 22.0 Å². The fourth-order valence-corrected chi connectivity index (χ4v) is 3.29. The van der Waals surface area contributed by atoms with E-state index in [9.17, 15) is 23.1 Å². The molecule has 2 heterocycles. The zero-order valence-electron chi connectivity index (χ0n) is 12.6. The number of furan rings is 1. The van der Waals surface area contributed by atoms with Crippen molar-refractivity contribution in [3.63, 3.8) is 0 Å². The van der Waals surface area contributed by atoms with E-state index in [-0.39, 0.29) is 22.7 Å². The van der Waals surface area contributed by atoms with Crippen molar-refractivity contribution in [3.05, 3.63) is 23.7 Å². The molecule has 1 aromatic rings. The summed E-state index contributed by atoms with van der Waals surface area (Å²) < 4.78 is 45.8. The maximum Gasteiger partial charge on any atom is 0.439 e. The molecule has 8 heteroatoms. The van der Waals surface area contributed by atoms with Gasteiger partial charge in [-0.1, -0.05) is 12.8 Å². The maximum atomic E-state index is 13.7. The highest BCUT2D eigenvalue weighted by molar-refractivity contribution is 5.99. The van der Waals surface area contributed by atoms with Gasteiger partial charge in [0.1, 0.15) is 6.26 Å². The molecule has 0 spiro atoms. The topological polar surface area (TPSA) is 66.0 Å². The number of rotatable bonds is 1. The number of halogens is 3. The van der Waals surface area contributed by atoms with Gasteiger partial charge < -0.3 is 9.52 Å². The van der Waals surface area contributed by atoms with Crippen molar-refractivity contribution < 1.29 is 27.5 Å². The van der Waals surface area contributed by atoms with Gasteiger partial charge in [0, 0.05) is 11.3 Å². The molecule has 2 aliphatic rings. The first-order valence-corrected chi connectivity index (χ1v) is 7.50. The molecule has 0 bridgehead atoms. The van der Waals surface area contributed by atoms with E-state index in [0.29, 0.717) is 24.8 Å². The van der Waals surface area contributed by atoms with E-state index in [1.807, 2.05) is 0 Å². The standard InChI is InChI=1S/C15H17F3N2O3/c1-9-7-23-8-10(9)13(21)20-14(22,15(16,17)18)11-5-3-2-4-6-12(11)19-20/h7-8,11,22H,2-6H2,1H3. The molecule has 1 saturated carbocycles. The van der Waals surface area contributed by atoms with Gasteiger partial charge in [0.05, 0.1) is 17.7 Å². The second-order valence-electron chi connectivity index (χ2n) is 6.05. The summed E-state index contributed by atoms with van der Waals surface area (Å²) in [6.07, 6.45) is -0.0894. The Kier molecular flexibility index (Phi) is 3.74. The van der Waals surface area contributed by atoms with E-state index in [2.05, 4.69) is 5.10 Å². The Morgan fingerprint density at radius 1 is 1.39 bits per heavy atom. The third kappa shape index (κ3) is 2.36. The van der Waals surface area contributed by atoms with E-state index >= 15 is 0 Å².